The van der Waals surface area contributed by atoms with Crippen LogP contribution >= 0.6 is 8.95 Å². The van der Waals surface area contributed by atoms with Crippen molar-refractivity contribution in [3.63, 3.8) is 0 Å². The summed E-state index contributed by atoms with van der Waals surface area (Å²) in [5.74, 6) is -0.245. The van der Waals surface area contributed by atoms with Crippen LogP contribution in [-0.4, -0.2) is 54.3 Å². The van der Waals surface area contributed by atoms with Crippen LogP contribution in [0.5, 0.6) is 0 Å². The van der Waals surface area contributed by atoms with Crippen LogP contribution in [0.25, 0.3) is 0 Å². The van der Waals surface area contributed by atoms with Crippen LogP contribution in [0.4, 0.5) is 0 Å². The second-order valence-electron chi connectivity index (χ2n) is 10.3. The molecule has 0 N–H and O–H groups in total. The molecule has 0 heterocycles. The third-order valence-corrected chi connectivity index (χ3v) is 24.9. The van der Waals surface area contributed by atoms with E-state index in [4.69, 9.17) is 12.5 Å². The molecule has 0 bridgehead atoms. The van der Waals surface area contributed by atoms with Crippen molar-refractivity contribution in [2.24, 2.45) is 11.8 Å². The van der Waals surface area contributed by atoms with Gasteiger partial charge in [0.25, 0.3) is 0 Å². The second-order valence-corrected chi connectivity index (χ2v) is 27.0. The first kappa shape index (κ1) is 37.3. The molecule has 2 atom stereocenters. The molecule has 0 radical (unpaired) electrons. The Morgan fingerprint density at radius 1 is 0.684 bits per heavy atom. The van der Waals surface area contributed by atoms with Crippen molar-refractivity contribution >= 4 is 44.3 Å². The molecule has 222 valence electrons. The average Bonchev–Trinajstić information content (AvgIpc) is 2.92. The third kappa shape index (κ3) is 18.6. The van der Waals surface area contributed by atoms with Crippen LogP contribution in [0.3, 0.4) is 0 Å². The standard InChI is InChI=1S/C12H20O4.C10H20O2S.2C4H9.Sn/c1-3-5-6-10(4-2)9-16-12(15)8-7-11(13)14;1-3-5-6-9(4-2)7-12-10(11)8-13;2*1-3-4-2;/h7-8,10H,3-6,9H2,1-2H3,(H,13,14);9,13H,3-8H2,1-2H3;2*1,3-4H2,2H3;/q;;;;+2/p-2/b8-7-;;;;/t10-;9-;;;/m11.../s1. The van der Waals surface area contributed by atoms with Gasteiger partial charge in [-0.15, -0.1) is 0 Å². The molecule has 0 fully saturated rings. The molecule has 0 saturated carbocycles. The van der Waals surface area contributed by atoms with E-state index in [1.807, 2.05) is 0 Å². The first-order valence-corrected chi connectivity index (χ1v) is 24.8. The molecule has 0 aromatic rings. The van der Waals surface area contributed by atoms with Crippen molar-refractivity contribution < 1.29 is 26.9 Å². The predicted molar refractivity (Wildman–Crippen MR) is 161 cm³/mol. The molecule has 0 aliphatic rings. The molecule has 0 rings (SSSR count). The predicted octanol–water partition coefficient (Wildman–Crippen LogP) is 8.38. The molecule has 8 heteroatoms. The number of rotatable bonds is 24. The zero-order valence-corrected chi connectivity index (χ0v) is 28.9. The number of ether oxygens (including phenoxy) is 2. The SMILES string of the molecule is CCCC[C@@H](CC)COC(=O)/C=C\C(=O)[O][Sn]([CH2]CCC)([CH2]CCC)[S]CC(=O)OC[C@H](CC)CCCC. The van der Waals surface area contributed by atoms with Gasteiger partial charge in [0, 0.05) is 0 Å². The Morgan fingerprint density at radius 3 is 1.63 bits per heavy atom. The average molecular weight is 664 g/mol. The summed E-state index contributed by atoms with van der Waals surface area (Å²) in [5, 5.41) is 0. The van der Waals surface area contributed by atoms with E-state index in [9.17, 15) is 14.4 Å². The Balaban J connectivity index is 5.13. The molecule has 0 aromatic carbocycles. The molecule has 0 amide bonds. The van der Waals surface area contributed by atoms with Gasteiger partial charge in [-0.05, 0) is 0 Å². The molecule has 38 heavy (non-hydrogen) atoms. The summed E-state index contributed by atoms with van der Waals surface area (Å²) in [6, 6.07) is 0. The van der Waals surface area contributed by atoms with E-state index in [0.717, 1.165) is 85.9 Å². The molecule has 0 spiro atoms. The number of hydrogen-bond acceptors (Lipinski definition) is 7. The van der Waals surface area contributed by atoms with Gasteiger partial charge >= 0.3 is 242 Å². The summed E-state index contributed by atoms with van der Waals surface area (Å²) in [6.45, 7) is 13.6. The van der Waals surface area contributed by atoms with Crippen LogP contribution < -0.4 is 0 Å². The molecule has 0 saturated heterocycles. The Kier molecular flexibility index (Phi) is 23.7. The van der Waals surface area contributed by atoms with Crippen LogP contribution in [0.1, 0.15) is 119 Å². The van der Waals surface area contributed by atoms with Gasteiger partial charge in [-0.1, -0.05) is 0 Å². The number of carbonyl (C=O) groups excluding carboxylic acids is 3. The van der Waals surface area contributed by atoms with Crippen LogP contribution in [0, 0.1) is 11.8 Å². The van der Waals surface area contributed by atoms with Crippen molar-refractivity contribution in [3.05, 3.63) is 12.2 Å². The zero-order valence-electron chi connectivity index (χ0n) is 25.2. The zero-order chi connectivity index (χ0) is 28.7. The summed E-state index contributed by atoms with van der Waals surface area (Å²) >= 11 is -3.53. The summed E-state index contributed by atoms with van der Waals surface area (Å²) in [6.07, 6.45) is 14.9. The van der Waals surface area contributed by atoms with E-state index in [1.165, 1.54) is 12.2 Å². The number of unbranched alkanes of at least 4 members (excludes halogenated alkanes) is 4. The summed E-state index contributed by atoms with van der Waals surface area (Å²) in [5.41, 5.74) is 0. The van der Waals surface area contributed by atoms with Crippen LogP contribution in [0.15, 0.2) is 12.2 Å². The van der Waals surface area contributed by atoms with Crippen molar-refractivity contribution in [2.45, 2.75) is 127 Å². The number of esters is 2. The van der Waals surface area contributed by atoms with Gasteiger partial charge < -0.3 is 0 Å². The molecule has 0 aliphatic heterocycles. The Bertz CT molecular complexity index is 661. The number of hydrogen-bond donors (Lipinski definition) is 0. The summed E-state index contributed by atoms with van der Waals surface area (Å²) < 4.78 is 18.9. The van der Waals surface area contributed by atoms with E-state index in [2.05, 4.69) is 41.5 Å². The van der Waals surface area contributed by atoms with Crippen molar-refractivity contribution in [3.8, 4) is 0 Å². The van der Waals surface area contributed by atoms with Crippen molar-refractivity contribution in [1.29, 1.82) is 0 Å². The maximum absolute atomic E-state index is 12.8. The Hall–Kier alpha value is -0.701. The molecular formula is C30H56O6SSn. The van der Waals surface area contributed by atoms with E-state index in [0.29, 0.717) is 25.0 Å². The minimum absolute atomic E-state index is 0.220. The fourth-order valence-electron chi connectivity index (χ4n) is 4.13. The van der Waals surface area contributed by atoms with Gasteiger partial charge in [0.1, 0.15) is 0 Å². The minimum atomic E-state index is -3.53. The number of carbonyl (C=O) groups is 3. The monoisotopic (exact) mass is 664 g/mol. The van der Waals surface area contributed by atoms with Gasteiger partial charge in [0.05, 0.1) is 0 Å². The van der Waals surface area contributed by atoms with Gasteiger partial charge in [-0.25, -0.2) is 0 Å². The van der Waals surface area contributed by atoms with Gasteiger partial charge in [-0.3, -0.25) is 0 Å². The molecule has 0 aromatic heterocycles. The molecule has 0 unspecified atom stereocenters. The Morgan fingerprint density at radius 2 is 1.16 bits per heavy atom. The summed E-state index contributed by atoms with van der Waals surface area (Å²) in [7, 11) is 1.56. The molecule has 6 nitrogen and oxygen atoms in total. The maximum atomic E-state index is 12.8. The van der Waals surface area contributed by atoms with E-state index in [-0.39, 0.29) is 11.7 Å². The third-order valence-electron chi connectivity index (χ3n) is 6.95. The summed E-state index contributed by atoms with van der Waals surface area (Å²) in [4.78, 5) is 37.7. The first-order chi connectivity index (χ1) is 18.3. The topological polar surface area (TPSA) is 78.9 Å². The van der Waals surface area contributed by atoms with Gasteiger partial charge in [0.15, 0.2) is 0 Å². The quantitative estimate of drug-likeness (QED) is 0.0583. The van der Waals surface area contributed by atoms with E-state index in [1.54, 1.807) is 8.95 Å². The van der Waals surface area contributed by atoms with Gasteiger partial charge in [0.2, 0.25) is 0 Å². The van der Waals surface area contributed by atoms with E-state index < -0.39 is 29.3 Å². The Labute approximate surface area is 240 Å². The van der Waals surface area contributed by atoms with Crippen LogP contribution in [-0.2, 0) is 26.9 Å². The first-order valence-electron chi connectivity index (χ1n) is 15.2. The fraction of sp³-hybridized carbons (Fsp3) is 0.833. The molecular weight excluding hydrogens is 607 g/mol. The van der Waals surface area contributed by atoms with E-state index >= 15 is 0 Å². The normalized spacial score (nSPS) is 13.3. The molecule has 0 aliphatic carbocycles. The fourth-order valence-corrected chi connectivity index (χ4v) is 21.3. The second kappa shape index (κ2) is 24.1. The van der Waals surface area contributed by atoms with Crippen molar-refractivity contribution in [2.75, 3.05) is 19.0 Å². The van der Waals surface area contributed by atoms with Gasteiger partial charge in [-0.2, -0.15) is 0 Å². The van der Waals surface area contributed by atoms with Crippen LogP contribution in [0.2, 0.25) is 8.87 Å². The van der Waals surface area contributed by atoms with Crippen molar-refractivity contribution in [1.82, 2.24) is 0 Å².